The number of para-hydroxylation sites is 2. The van der Waals surface area contributed by atoms with Gasteiger partial charge in [0.15, 0.2) is 0 Å². The van der Waals surface area contributed by atoms with Gasteiger partial charge in [0.25, 0.3) is 0 Å². The minimum atomic E-state index is -0.372. The SMILES string of the molecule is COc1ccccc1N1CCN(C(=O)Cn2nnc(-c3cccc(F)c3)n2)CC1. The van der Waals surface area contributed by atoms with Crippen molar-refractivity contribution in [1.29, 1.82) is 0 Å². The molecule has 0 aliphatic carbocycles. The van der Waals surface area contributed by atoms with Crippen molar-refractivity contribution in [2.75, 3.05) is 38.2 Å². The number of aromatic nitrogens is 4. The van der Waals surface area contributed by atoms with Gasteiger partial charge in [0.2, 0.25) is 11.7 Å². The molecule has 0 spiro atoms. The molecule has 0 N–H and O–H groups in total. The second-order valence-corrected chi connectivity index (χ2v) is 6.69. The van der Waals surface area contributed by atoms with E-state index in [4.69, 9.17) is 4.74 Å². The smallest absolute Gasteiger partial charge is 0.246 e. The van der Waals surface area contributed by atoms with Crippen LogP contribution in [-0.4, -0.2) is 64.3 Å². The fraction of sp³-hybridized carbons (Fsp3) is 0.300. The van der Waals surface area contributed by atoms with Gasteiger partial charge >= 0.3 is 0 Å². The topological polar surface area (TPSA) is 76.4 Å². The molecule has 8 nitrogen and oxygen atoms in total. The summed E-state index contributed by atoms with van der Waals surface area (Å²) in [6.07, 6.45) is 0. The number of hydrogen-bond acceptors (Lipinski definition) is 6. The third kappa shape index (κ3) is 4.18. The first-order chi connectivity index (χ1) is 14.1. The number of carbonyl (C=O) groups excluding carboxylic acids is 1. The van der Waals surface area contributed by atoms with Gasteiger partial charge in [-0.15, -0.1) is 10.2 Å². The zero-order valence-electron chi connectivity index (χ0n) is 16.0. The summed E-state index contributed by atoms with van der Waals surface area (Å²) in [5.74, 6) is 0.665. The Hall–Kier alpha value is -3.49. The largest absolute Gasteiger partial charge is 0.495 e. The maximum absolute atomic E-state index is 13.4. The van der Waals surface area contributed by atoms with Crippen molar-refractivity contribution in [3.63, 3.8) is 0 Å². The first-order valence-corrected chi connectivity index (χ1v) is 9.33. The van der Waals surface area contributed by atoms with E-state index in [2.05, 4.69) is 20.3 Å². The Bertz CT molecular complexity index is 1000. The number of ether oxygens (including phenoxy) is 1. The maximum atomic E-state index is 13.4. The number of benzene rings is 2. The van der Waals surface area contributed by atoms with Gasteiger partial charge < -0.3 is 14.5 Å². The van der Waals surface area contributed by atoms with Gasteiger partial charge in [0.05, 0.1) is 12.8 Å². The van der Waals surface area contributed by atoms with Crippen molar-refractivity contribution in [1.82, 2.24) is 25.1 Å². The highest BCUT2D eigenvalue weighted by atomic mass is 19.1. The fourth-order valence-electron chi connectivity index (χ4n) is 3.36. The number of methoxy groups -OCH3 is 1. The predicted molar refractivity (Wildman–Crippen MR) is 105 cm³/mol. The van der Waals surface area contributed by atoms with Crippen molar-refractivity contribution in [2.24, 2.45) is 0 Å². The standard InChI is InChI=1S/C20H21FN6O2/c1-29-18-8-3-2-7-17(18)25-9-11-26(12-10-25)19(28)14-27-23-20(22-24-27)15-5-4-6-16(21)13-15/h2-8,13H,9-12,14H2,1H3. The van der Waals surface area contributed by atoms with Gasteiger partial charge in [-0.05, 0) is 29.5 Å². The number of nitrogens with zero attached hydrogens (tertiary/aromatic N) is 6. The molecule has 1 saturated heterocycles. The molecule has 1 aliphatic rings. The van der Waals surface area contributed by atoms with Crippen LogP contribution in [0, 0.1) is 5.82 Å². The third-order valence-corrected chi connectivity index (χ3v) is 4.87. The lowest BCUT2D eigenvalue weighted by Gasteiger charge is -2.36. The van der Waals surface area contributed by atoms with Crippen molar-refractivity contribution in [2.45, 2.75) is 6.54 Å². The average molecular weight is 396 g/mol. The van der Waals surface area contributed by atoms with Crippen LogP contribution in [0.3, 0.4) is 0 Å². The van der Waals surface area contributed by atoms with E-state index >= 15 is 0 Å². The third-order valence-electron chi connectivity index (χ3n) is 4.87. The van der Waals surface area contributed by atoms with Crippen LogP contribution in [0.5, 0.6) is 5.75 Å². The van der Waals surface area contributed by atoms with Crippen molar-refractivity contribution in [3.05, 3.63) is 54.3 Å². The van der Waals surface area contributed by atoms with Gasteiger partial charge in [0, 0.05) is 31.7 Å². The summed E-state index contributed by atoms with van der Waals surface area (Å²) in [6.45, 7) is 2.62. The molecule has 0 saturated carbocycles. The summed E-state index contributed by atoms with van der Waals surface area (Å²) in [4.78, 5) is 17.9. The summed E-state index contributed by atoms with van der Waals surface area (Å²) in [6, 6.07) is 13.8. The molecule has 2 heterocycles. The van der Waals surface area contributed by atoms with E-state index in [-0.39, 0.29) is 18.3 Å². The molecule has 1 aromatic heterocycles. The molecule has 1 amide bonds. The van der Waals surface area contributed by atoms with E-state index in [1.807, 2.05) is 24.3 Å². The van der Waals surface area contributed by atoms with E-state index in [1.165, 1.54) is 16.9 Å². The van der Waals surface area contributed by atoms with Crippen LogP contribution in [0.15, 0.2) is 48.5 Å². The Morgan fingerprint density at radius 1 is 1.10 bits per heavy atom. The van der Waals surface area contributed by atoms with E-state index in [0.717, 1.165) is 11.4 Å². The van der Waals surface area contributed by atoms with Crippen LogP contribution in [-0.2, 0) is 11.3 Å². The Labute approximate surface area is 167 Å². The van der Waals surface area contributed by atoms with Gasteiger partial charge in [-0.1, -0.05) is 24.3 Å². The van der Waals surface area contributed by atoms with Gasteiger partial charge in [-0.3, -0.25) is 4.79 Å². The van der Waals surface area contributed by atoms with E-state index in [1.54, 1.807) is 24.1 Å². The normalized spacial score (nSPS) is 14.1. The summed E-state index contributed by atoms with van der Waals surface area (Å²) < 4.78 is 18.8. The lowest BCUT2D eigenvalue weighted by molar-refractivity contribution is -0.132. The number of hydrogen-bond donors (Lipinski definition) is 0. The second-order valence-electron chi connectivity index (χ2n) is 6.69. The summed E-state index contributed by atoms with van der Waals surface area (Å²) >= 11 is 0. The number of piperazine rings is 1. The number of carbonyl (C=O) groups is 1. The number of amides is 1. The number of anilines is 1. The quantitative estimate of drug-likeness (QED) is 0.655. The van der Waals surface area contributed by atoms with Crippen LogP contribution in [0.2, 0.25) is 0 Å². The van der Waals surface area contributed by atoms with Crippen molar-refractivity contribution >= 4 is 11.6 Å². The summed E-state index contributed by atoms with van der Waals surface area (Å²) in [5.41, 5.74) is 1.55. The predicted octanol–water partition coefficient (Wildman–Crippen LogP) is 1.84. The fourth-order valence-corrected chi connectivity index (χ4v) is 3.36. The number of rotatable bonds is 5. The molecule has 1 fully saturated rings. The zero-order chi connectivity index (χ0) is 20.2. The van der Waals surface area contributed by atoms with Gasteiger partial charge in [0.1, 0.15) is 18.1 Å². The van der Waals surface area contributed by atoms with Gasteiger partial charge in [-0.25, -0.2) is 4.39 Å². The lowest BCUT2D eigenvalue weighted by atomic mass is 10.2. The highest BCUT2D eigenvalue weighted by Gasteiger charge is 2.23. The minimum Gasteiger partial charge on any atom is -0.495 e. The Morgan fingerprint density at radius 2 is 1.90 bits per heavy atom. The highest BCUT2D eigenvalue weighted by molar-refractivity contribution is 5.76. The molecule has 150 valence electrons. The maximum Gasteiger partial charge on any atom is 0.246 e. The molecule has 0 radical (unpaired) electrons. The van der Waals surface area contributed by atoms with E-state index in [9.17, 15) is 9.18 Å². The van der Waals surface area contributed by atoms with Crippen molar-refractivity contribution < 1.29 is 13.9 Å². The average Bonchev–Trinajstić information content (AvgIpc) is 3.22. The first-order valence-electron chi connectivity index (χ1n) is 9.33. The van der Waals surface area contributed by atoms with Crippen LogP contribution in [0.4, 0.5) is 10.1 Å². The number of tetrazole rings is 1. The molecule has 3 aromatic rings. The van der Waals surface area contributed by atoms with Crippen LogP contribution in [0.1, 0.15) is 0 Å². The molecule has 1 aliphatic heterocycles. The Kier molecular flexibility index (Phi) is 5.37. The molecule has 0 atom stereocenters. The first kappa shape index (κ1) is 18.9. The van der Waals surface area contributed by atoms with Crippen LogP contribution in [0.25, 0.3) is 11.4 Å². The molecule has 4 rings (SSSR count). The molecule has 0 bridgehead atoms. The second kappa shape index (κ2) is 8.26. The molecule has 0 unspecified atom stereocenters. The highest BCUT2D eigenvalue weighted by Crippen LogP contribution is 2.28. The lowest BCUT2D eigenvalue weighted by Crippen LogP contribution is -2.49. The Morgan fingerprint density at radius 3 is 2.66 bits per heavy atom. The molecular formula is C20H21FN6O2. The molecule has 29 heavy (non-hydrogen) atoms. The molecular weight excluding hydrogens is 375 g/mol. The van der Waals surface area contributed by atoms with Crippen LogP contribution >= 0.6 is 0 Å². The summed E-state index contributed by atoms with van der Waals surface area (Å²) in [5, 5.41) is 12.0. The van der Waals surface area contributed by atoms with E-state index < -0.39 is 0 Å². The monoisotopic (exact) mass is 396 g/mol. The zero-order valence-corrected chi connectivity index (χ0v) is 16.0. The minimum absolute atomic E-state index is 0.00300. The van der Waals surface area contributed by atoms with E-state index in [0.29, 0.717) is 37.6 Å². The van der Waals surface area contributed by atoms with Crippen LogP contribution < -0.4 is 9.64 Å². The Balaban J connectivity index is 1.36. The molecule has 9 heteroatoms. The summed E-state index contributed by atoms with van der Waals surface area (Å²) in [7, 11) is 1.65. The van der Waals surface area contributed by atoms with Gasteiger partial charge in [-0.2, -0.15) is 4.80 Å². The number of halogens is 1. The molecule has 2 aromatic carbocycles. The van der Waals surface area contributed by atoms with Crippen molar-refractivity contribution in [3.8, 4) is 17.1 Å².